The van der Waals surface area contributed by atoms with Gasteiger partial charge in [0.2, 0.25) is 0 Å². The lowest BCUT2D eigenvalue weighted by atomic mass is 9.97. The van der Waals surface area contributed by atoms with Gasteiger partial charge in [-0.25, -0.2) is 0 Å². The molecule has 3 rings (SSSR count). The number of carbonyl (C=O) groups is 1. The van der Waals surface area contributed by atoms with E-state index in [9.17, 15) is 4.79 Å². The molecule has 1 aromatic rings. The van der Waals surface area contributed by atoms with Crippen LogP contribution in [0.5, 0.6) is 0 Å². The van der Waals surface area contributed by atoms with Crippen LogP contribution >= 0.6 is 11.3 Å². The summed E-state index contributed by atoms with van der Waals surface area (Å²) in [6.07, 6.45) is 3.99. The Hall–Kier alpha value is -0.870. The molecular formula is C15H22N2OS. The first-order chi connectivity index (χ1) is 9.16. The average molecular weight is 278 g/mol. The molecule has 0 N–H and O–H groups in total. The molecule has 0 aromatic carbocycles. The minimum absolute atomic E-state index is 0.230. The predicted octanol–water partition coefficient (Wildman–Crippen LogP) is 2.76. The number of likely N-dealkylation sites (tertiary alicyclic amines) is 2. The summed E-state index contributed by atoms with van der Waals surface area (Å²) in [5.74, 6) is 0.230. The lowest BCUT2D eigenvalue weighted by Gasteiger charge is -2.49. The molecule has 0 spiro atoms. The van der Waals surface area contributed by atoms with Gasteiger partial charge in [-0.3, -0.25) is 9.69 Å². The molecule has 2 aliphatic rings. The van der Waals surface area contributed by atoms with Crippen molar-refractivity contribution in [3.05, 3.63) is 21.9 Å². The Kier molecular flexibility index (Phi) is 3.63. The maximum atomic E-state index is 12.3. The van der Waals surface area contributed by atoms with E-state index in [4.69, 9.17) is 0 Å². The highest BCUT2D eigenvalue weighted by atomic mass is 32.1. The van der Waals surface area contributed by atoms with Crippen LogP contribution in [0.15, 0.2) is 11.4 Å². The van der Waals surface area contributed by atoms with Crippen LogP contribution < -0.4 is 0 Å². The zero-order chi connectivity index (χ0) is 13.4. The van der Waals surface area contributed by atoms with Crippen molar-refractivity contribution < 1.29 is 4.79 Å². The van der Waals surface area contributed by atoms with Crippen molar-refractivity contribution in [1.82, 2.24) is 9.80 Å². The Morgan fingerprint density at radius 2 is 2.16 bits per heavy atom. The highest BCUT2D eigenvalue weighted by molar-refractivity contribution is 7.12. The van der Waals surface area contributed by atoms with E-state index >= 15 is 0 Å². The normalized spacial score (nSPS) is 25.4. The van der Waals surface area contributed by atoms with E-state index in [0.29, 0.717) is 12.1 Å². The van der Waals surface area contributed by atoms with E-state index in [1.807, 2.05) is 23.3 Å². The van der Waals surface area contributed by atoms with Gasteiger partial charge in [0, 0.05) is 25.2 Å². The van der Waals surface area contributed by atoms with E-state index in [1.165, 1.54) is 25.8 Å². The Bertz CT molecular complexity index is 464. The lowest BCUT2D eigenvalue weighted by Crippen LogP contribution is -2.63. The molecule has 1 atom stereocenters. The highest BCUT2D eigenvalue weighted by Crippen LogP contribution is 2.27. The second kappa shape index (κ2) is 5.25. The van der Waals surface area contributed by atoms with E-state index in [1.54, 1.807) is 11.3 Å². The van der Waals surface area contributed by atoms with Gasteiger partial charge in [0.1, 0.15) is 0 Å². The third kappa shape index (κ3) is 2.43. The van der Waals surface area contributed by atoms with E-state index < -0.39 is 0 Å². The number of hydrogen-bond acceptors (Lipinski definition) is 3. The molecule has 0 aliphatic carbocycles. The molecule has 2 saturated heterocycles. The summed E-state index contributed by atoms with van der Waals surface area (Å²) in [6.45, 7) is 7.40. The van der Waals surface area contributed by atoms with Crippen molar-refractivity contribution in [2.24, 2.45) is 0 Å². The zero-order valence-electron chi connectivity index (χ0n) is 11.8. The molecule has 4 heteroatoms. The molecule has 3 heterocycles. The molecule has 1 amide bonds. The molecule has 3 nitrogen and oxygen atoms in total. The van der Waals surface area contributed by atoms with E-state index in [2.05, 4.69) is 11.8 Å². The van der Waals surface area contributed by atoms with Crippen molar-refractivity contribution in [2.45, 2.75) is 45.2 Å². The molecule has 2 aliphatic heterocycles. The highest BCUT2D eigenvalue weighted by Gasteiger charge is 2.38. The molecule has 0 saturated carbocycles. The third-order valence-corrected chi connectivity index (χ3v) is 5.53. The Morgan fingerprint density at radius 3 is 2.79 bits per heavy atom. The Labute approximate surface area is 119 Å². The average Bonchev–Trinajstić information content (AvgIpc) is 2.76. The second-order valence-corrected chi connectivity index (χ2v) is 6.80. The summed E-state index contributed by atoms with van der Waals surface area (Å²) >= 11 is 1.57. The molecule has 0 bridgehead atoms. The van der Waals surface area contributed by atoms with Crippen molar-refractivity contribution in [3.63, 3.8) is 0 Å². The van der Waals surface area contributed by atoms with Crippen LogP contribution in [0, 0.1) is 6.92 Å². The fourth-order valence-electron chi connectivity index (χ4n) is 3.23. The van der Waals surface area contributed by atoms with Gasteiger partial charge in [0.25, 0.3) is 5.91 Å². The topological polar surface area (TPSA) is 23.6 Å². The number of amides is 1. The van der Waals surface area contributed by atoms with Gasteiger partial charge in [-0.2, -0.15) is 0 Å². The van der Waals surface area contributed by atoms with Crippen LogP contribution in [0.1, 0.15) is 41.4 Å². The fraction of sp³-hybridized carbons (Fsp3) is 0.667. The van der Waals surface area contributed by atoms with Gasteiger partial charge < -0.3 is 4.90 Å². The van der Waals surface area contributed by atoms with Crippen LogP contribution in [0.2, 0.25) is 0 Å². The number of carbonyl (C=O) groups excluding carboxylic acids is 1. The molecule has 19 heavy (non-hydrogen) atoms. The molecule has 0 radical (unpaired) electrons. The largest absolute Gasteiger partial charge is 0.335 e. The third-order valence-electron chi connectivity index (χ3n) is 4.53. The van der Waals surface area contributed by atoms with E-state index in [0.717, 1.165) is 23.5 Å². The quantitative estimate of drug-likeness (QED) is 0.830. The minimum Gasteiger partial charge on any atom is -0.335 e. The fourth-order valence-corrected chi connectivity index (χ4v) is 4.12. The first-order valence-electron chi connectivity index (χ1n) is 7.26. The number of aryl methyl sites for hydroxylation is 1. The van der Waals surface area contributed by atoms with E-state index in [-0.39, 0.29) is 5.91 Å². The summed E-state index contributed by atoms with van der Waals surface area (Å²) in [5.41, 5.74) is 1.12. The summed E-state index contributed by atoms with van der Waals surface area (Å²) in [4.78, 5) is 17.9. The number of nitrogens with zero attached hydrogens (tertiary/aromatic N) is 2. The summed E-state index contributed by atoms with van der Waals surface area (Å²) in [7, 11) is 0. The number of piperidine rings is 1. The number of rotatable bonds is 2. The number of thiophene rings is 1. The van der Waals surface area contributed by atoms with Gasteiger partial charge in [0.05, 0.1) is 4.88 Å². The lowest BCUT2D eigenvalue weighted by molar-refractivity contribution is 0.00236. The monoisotopic (exact) mass is 278 g/mol. The smallest absolute Gasteiger partial charge is 0.264 e. The van der Waals surface area contributed by atoms with Gasteiger partial charge >= 0.3 is 0 Å². The van der Waals surface area contributed by atoms with Crippen LogP contribution in [0.4, 0.5) is 0 Å². The van der Waals surface area contributed by atoms with Crippen molar-refractivity contribution in [1.29, 1.82) is 0 Å². The standard InChI is InChI=1S/C15H22N2OS/c1-11-6-8-19-14(11)15(18)16-9-13(10-16)17-7-4-3-5-12(17)2/h6,8,12-13H,3-5,7,9-10H2,1-2H3/t12-/m0/s1. The molecule has 0 unspecified atom stereocenters. The number of hydrogen-bond donors (Lipinski definition) is 0. The molecule has 2 fully saturated rings. The van der Waals surface area contributed by atoms with Crippen LogP contribution in [0.25, 0.3) is 0 Å². The van der Waals surface area contributed by atoms with Crippen molar-refractivity contribution in [3.8, 4) is 0 Å². The zero-order valence-corrected chi connectivity index (χ0v) is 12.6. The predicted molar refractivity (Wildman–Crippen MR) is 78.8 cm³/mol. The Balaban J connectivity index is 1.58. The maximum absolute atomic E-state index is 12.3. The van der Waals surface area contributed by atoms with Crippen LogP contribution in [-0.4, -0.2) is 47.4 Å². The summed E-state index contributed by atoms with van der Waals surface area (Å²) in [5, 5.41) is 2.01. The van der Waals surface area contributed by atoms with Gasteiger partial charge in [-0.1, -0.05) is 6.42 Å². The second-order valence-electron chi connectivity index (χ2n) is 5.88. The van der Waals surface area contributed by atoms with Crippen LogP contribution in [0.3, 0.4) is 0 Å². The molecule has 1 aromatic heterocycles. The molecular weight excluding hydrogens is 256 g/mol. The SMILES string of the molecule is Cc1ccsc1C(=O)N1CC(N2CCCC[C@@H]2C)C1. The van der Waals surface area contributed by atoms with Crippen molar-refractivity contribution >= 4 is 17.2 Å². The van der Waals surface area contributed by atoms with Gasteiger partial charge in [-0.15, -0.1) is 11.3 Å². The first-order valence-corrected chi connectivity index (χ1v) is 8.14. The summed E-state index contributed by atoms with van der Waals surface area (Å²) in [6, 6.07) is 3.32. The molecule has 104 valence electrons. The Morgan fingerprint density at radius 1 is 1.37 bits per heavy atom. The van der Waals surface area contributed by atoms with Gasteiger partial charge in [-0.05, 0) is 50.2 Å². The summed E-state index contributed by atoms with van der Waals surface area (Å²) < 4.78 is 0. The first kappa shape index (κ1) is 13.1. The van der Waals surface area contributed by atoms with Crippen molar-refractivity contribution in [2.75, 3.05) is 19.6 Å². The minimum atomic E-state index is 0.230. The maximum Gasteiger partial charge on any atom is 0.264 e. The van der Waals surface area contributed by atoms with Gasteiger partial charge in [0.15, 0.2) is 0 Å². The van der Waals surface area contributed by atoms with Crippen LogP contribution in [-0.2, 0) is 0 Å².